The highest BCUT2D eigenvalue weighted by Crippen LogP contribution is 2.36. The van der Waals surface area contributed by atoms with E-state index in [2.05, 4.69) is 27.5 Å². The van der Waals surface area contributed by atoms with Gasteiger partial charge in [0.15, 0.2) is 0 Å². The minimum absolute atomic E-state index is 0.0433. The van der Waals surface area contributed by atoms with Crippen molar-refractivity contribution in [2.75, 3.05) is 38.2 Å². The molecule has 24 heavy (non-hydrogen) atoms. The smallest absolute Gasteiger partial charge is 0.238 e. The van der Waals surface area contributed by atoms with Crippen LogP contribution in [-0.4, -0.2) is 53.4 Å². The van der Waals surface area contributed by atoms with Gasteiger partial charge in [0.1, 0.15) is 0 Å². The van der Waals surface area contributed by atoms with E-state index in [1.165, 1.54) is 0 Å². The van der Waals surface area contributed by atoms with Crippen LogP contribution in [0.3, 0.4) is 0 Å². The number of anilines is 1. The molecule has 0 bridgehead atoms. The zero-order valence-electron chi connectivity index (χ0n) is 14.8. The van der Waals surface area contributed by atoms with Crippen LogP contribution >= 0.6 is 0 Å². The summed E-state index contributed by atoms with van der Waals surface area (Å²) in [5.41, 5.74) is 1.96. The van der Waals surface area contributed by atoms with Crippen LogP contribution in [0.1, 0.15) is 31.9 Å². The number of carbonyl (C=O) groups excluding carboxylic acids is 1. The lowest BCUT2D eigenvalue weighted by Crippen LogP contribution is -2.44. The minimum atomic E-state index is 0.0433. The van der Waals surface area contributed by atoms with Gasteiger partial charge in [-0.15, -0.1) is 0 Å². The molecule has 0 saturated carbocycles. The molecule has 6 nitrogen and oxygen atoms in total. The molecule has 2 aliphatic rings. The number of hydrogen-bond acceptors (Lipinski definition) is 4. The number of nitrogens with zero attached hydrogens (tertiary/aromatic N) is 3. The van der Waals surface area contributed by atoms with Gasteiger partial charge in [-0.05, 0) is 51.6 Å². The number of aromatic nitrogens is 2. The molecule has 6 heteroatoms. The molecule has 1 aromatic heterocycles. The van der Waals surface area contributed by atoms with Crippen LogP contribution in [0.15, 0.2) is 18.3 Å². The number of hydrogen-bond donors (Lipinski definition) is 1. The summed E-state index contributed by atoms with van der Waals surface area (Å²) in [4.78, 5) is 14.6. The molecule has 1 amide bonds. The zero-order chi connectivity index (χ0) is 17.0. The first-order chi connectivity index (χ1) is 11.6. The largest absolute Gasteiger partial charge is 0.377 e. The van der Waals surface area contributed by atoms with E-state index in [0.29, 0.717) is 6.54 Å². The summed E-state index contributed by atoms with van der Waals surface area (Å²) < 4.78 is 7.56. The van der Waals surface area contributed by atoms with Crippen molar-refractivity contribution in [1.82, 2.24) is 14.7 Å². The highest BCUT2D eigenvalue weighted by Gasteiger charge is 2.35. The summed E-state index contributed by atoms with van der Waals surface area (Å²) in [6.45, 7) is 8.70. The minimum Gasteiger partial charge on any atom is -0.377 e. The lowest BCUT2D eigenvalue weighted by Gasteiger charge is -2.40. The molecule has 1 aromatic rings. The van der Waals surface area contributed by atoms with Crippen LogP contribution in [0, 0.1) is 12.3 Å². The van der Waals surface area contributed by atoms with Gasteiger partial charge in [0.05, 0.1) is 31.1 Å². The molecular formula is C18H28N4O2. The van der Waals surface area contributed by atoms with Crippen LogP contribution in [-0.2, 0) is 16.1 Å². The van der Waals surface area contributed by atoms with Gasteiger partial charge in [-0.3, -0.25) is 14.4 Å². The topological polar surface area (TPSA) is 59.4 Å². The number of nitrogens with one attached hydrogen (secondary N) is 1. The molecule has 1 fully saturated rings. The second kappa shape index (κ2) is 7.49. The molecule has 0 radical (unpaired) electrons. The quantitative estimate of drug-likeness (QED) is 0.859. The summed E-state index contributed by atoms with van der Waals surface area (Å²) in [5.74, 6) is 0.0433. The Morgan fingerprint density at radius 2 is 2.17 bits per heavy atom. The van der Waals surface area contributed by atoms with Crippen molar-refractivity contribution >= 4 is 11.6 Å². The second-order valence-electron chi connectivity index (χ2n) is 7.00. The average molecular weight is 332 g/mol. The van der Waals surface area contributed by atoms with E-state index in [4.69, 9.17) is 4.74 Å². The zero-order valence-corrected chi connectivity index (χ0v) is 14.8. The number of aryl methyl sites for hydroxylation is 2. The number of rotatable bonds is 4. The molecule has 0 aromatic carbocycles. The van der Waals surface area contributed by atoms with Crippen molar-refractivity contribution in [2.45, 2.75) is 39.7 Å². The fraction of sp³-hybridized carbons (Fsp3) is 0.667. The summed E-state index contributed by atoms with van der Waals surface area (Å²) in [6.07, 6.45) is 9.56. The maximum atomic E-state index is 12.3. The monoisotopic (exact) mass is 332 g/mol. The Morgan fingerprint density at radius 1 is 1.38 bits per heavy atom. The van der Waals surface area contributed by atoms with Crippen LogP contribution in [0.5, 0.6) is 0 Å². The number of carbonyl (C=O) groups is 1. The predicted molar refractivity (Wildman–Crippen MR) is 94.0 cm³/mol. The van der Waals surface area contributed by atoms with Crippen molar-refractivity contribution in [3.63, 3.8) is 0 Å². The Kier molecular flexibility index (Phi) is 5.36. The van der Waals surface area contributed by atoms with E-state index in [1.807, 2.05) is 24.7 Å². The first-order valence-corrected chi connectivity index (χ1v) is 8.89. The number of ether oxygens (including phenoxy) is 1. The molecule has 0 unspecified atom stereocenters. The first-order valence-electron chi connectivity index (χ1n) is 8.89. The van der Waals surface area contributed by atoms with Crippen molar-refractivity contribution < 1.29 is 9.53 Å². The first kappa shape index (κ1) is 17.2. The normalized spacial score (nSPS) is 20.9. The van der Waals surface area contributed by atoms with Crippen LogP contribution in [0.4, 0.5) is 5.69 Å². The van der Waals surface area contributed by atoms with Crippen LogP contribution in [0.2, 0.25) is 0 Å². The number of piperidine rings is 1. The Balaban J connectivity index is 1.49. The molecule has 0 aliphatic carbocycles. The lowest BCUT2D eigenvalue weighted by atomic mass is 9.76. The third-order valence-electron chi connectivity index (χ3n) is 5.17. The fourth-order valence-electron chi connectivity index (χ4n) is 3.53. The van der Waals surface area contributed by atoms with Gasteiger partial charge in [0.25, 0.3) is 0 Å². The summed E-state index contributed by atoms with van der Waals surface area (Å²) in [6, 6.07) is 0. The van der Waals surface area contributed by atoms with Crippen LogP contribution in [0.25, 0.3) is 0 Å². The van der Waals surface area contributed by atoms with Gasteiger partial charge in [0.2, 0.25) is 5.91 Å². The van der Waals surface area contributed by atoms with Crippen molar-refractivity contribution in [3.05, 3.63) is 24.0 Å². The van der Waals surface area contributed by atoms with Crippen molar-refractivity contribution in [3.8, 4) is 0 Å². The molecule has 1 spiro atoms. The Hall–Kier alpha value is -1.66. The molecule has 1 N–H and O–H groups in total. The van der Waals surface area contributed by atoms with Crippen LogP contribution < -0.4 is 5.32 Å². The fourth-order valence-corrected chi connectivity index (χ4v) is 3.53. The third kappa shape index (κ3) is 4.05. The Labute approximate surface area is 143 Å². The number of likely N-dealkylation sites (tertiary alicyclic amines) is 1. The van der Waals surface area contributed by atoms with Gasteiger partial charge in [-0.2, -0.15) is 5.10 Å². The molecule has 2 aliphatic heterocycles. The lowest BCUT2D eigenvalue weighted by molar-refractivity contribution is -0.118. The SMILES string of the molecule is CCn1cc(NC(=O)CN2CCC3(CC=CCOC3)CC2)c(C)n1. The molecule has 0 atom stereocenters. The number of allylic oxidation sites excluding steroid dienone is 1. The summed E-state index contributed by atoms with van der Waals surface area (Å²) in [5, 5.41) is 7.36. The van der Waals surface area contributed by atoms with E-state index >= 15 is 0 Å². The predicted octanol–water partition coefficient (Wildman–Crippen LogP) is 2.21. The van der Waals surface area contributed by atoms with Gasteiger partial charge in [-0.1, -0.05) is 12.2 Å². The van der Waals surface area contributed by atoms with E-state index in [1.54, 1.807) is 0 Å². The molecule has 132 valence electrons. The average Bonchev–Trinajstić information content (AvgIpc) is 2.78. The summed E-state index contributed by atoms with van der Waals surface area (Å²) >= 11 is 0. The van der Waals surface area contributed by atoms with E-state index in [0.717, 1.165) is 63.5 Å². The van der Waals surface area contributed by atoms with E-state index in [9.17, 15) is 4.79 Å². The van der Waals surface area contributed by atoms with Gasteiger partial charge in [0, 0.05) is 12.7 Å². The molecule has 3 rings (SSSR count). The molecule has 1 saturated heterocycles. The highest BCUT2D eigenvalue weighted by molar-refractivity contribution is 5.92. The second-order valence-corrected chi connectivity index (χ2v) is 7.00. The van der Waals surface area contributed by atoms with E-state index in [-0.39, 0.29) is 11.3 Å². The van der Waals surface area contributed by atoms with Crippen molar-refractivity contribution in [1.29, 1.82) is 0 Å². The third-order valence-corrected chi connectivity index (χ3v) is 5.17. The van der Waals surface area contributed by atoms with Gasteiger partial charge >= 0.3 is 0 Å². The molecular weight excluding hydrogens is 304 g/mol. The summed E-state index contributed by atoms with van der Waals surface area (Å²) in [7, 11) is 0. The maximum absolute atomic E-state index is 12.3. The van der Waals surface area contributed by atoms with Gasteiger partial charge in [-0.25, -0.2) is 0 Å². The van der Waals surface area contributed by atoms with Crippen molar-refractivity contribution in [2.24, 2.45) is 5.41 Å². The highest BCUT2D eigenvalue weighted by atomic mass is 16.5. The van der Waals surface area contributed by atoms with Gasteiger partial charge < -0.3 is 10.1 Å². The van der Waals surface area contributed by atoms with E-state index < -0.39 is 0 Å². The molecule has 3 heterocycles. The Morgan fingerprint density at radius 3 is 2.88 bits per heavy atom. The Bertz CT molecular complexity index is 600. The standard InChI is InChI=1S/C18H28N4O2/c1-3-22-12-16(15(2)20-22)19-17(23)13-21-9-7-18(8-10-21)6-4-5-11-24-14-18/h4-5,12H,3,6-11,13-14H2,1-2H3,(H,19,23). The maximum Gasteiger partial charge on any atom is 0.238 e. The number of amides is 1.